The summed E-state index contributed by atoms with van der Waals surface area (Å²) >= 11 is 0. The van der Waals surface area contributed by atoms with Gasteiger partial charge in [-0.2, -0.15) is 0 Å². The zero-order valence-corrected chi connectivity index (χ0v) is 9.64. The van der Waals surface area contributed by atoms with Gasteiger partial charge in [-0.15, -0.1) is 0 Å². The fourth-order valence-corrected chi connectivity index (χ4v) is 2.47. The second-order valence-corrected chi connectivity index (χ2v) is 5.64. The van der Waals surface area contributed by atoms with Crippen molar-refractivity contribution in [2.75, 3.05) is 32.7 Å². The van der Waals surface area contributed by atoms with Crippen molar-refractivity contribution < 1.29 is 0 Å². The first-order valence-electron chi connectivity index (χ1n) is 5.76. The highest BCUT2D eigenvalue weighted by molar-refractivity contribution is 4.96. The Kier molecular flexibility index (Phi) is 2.82. The first-order valence-corrected chi connectivity index (χ1v) is 5.76. The predicted molar refractivity (Wildman–Crippen MR) is 59.5 cm³/mol. The number of nitrogens with zero attached hydrogens (tertiary/aromatic N) is 1. The largest absolute Gasteiger partial charge is 0.314 e. The maximum atomic E-state index is 3.51. The first-order chi connectivity index (χ1) is 6.59. The minimum atomic E-state index is 0.392. The van der Waals surface area contributed by atoms with Gasteiger partial charge in [0, 0.05) is 44.8 Å². The maximum absolute atomic E-state index is 3.51. The second kappa shape index (κ2) is 3.80. The molecule has 1 unspecified atom stereocenters. The maximum Gasteiger partial charge on any atom is 0.0349 e. The Bertz CT molecular complexity index is 193. The lowest BCUT2D eigenvalue weighted by Gasteiger charge is -2.50. The Morgan fingerprint density at radius 3 is 2.29 bits per heavy atom. The molecule has 0 spiro atoms. The van der Waals surface area contributed by atoms with E-state index in [1.807, 2.05) is 0 Å². The van der Waals surface area contributed by atoms with Crippen LogP contribution in [0.25, 0.3) is 0 Å². The molecule has 3 heteroatoms. The van der Waals surface area contributed by atoms with Gasteiger partial charge < -0.3 is 10.6 Å². The summed E-state index contributed by atoms with van der Waals surface area (Å²) < 4.78 is 0. The SMILES string of the molecule is CC(C)(C)C1CNCCN1C1CNC1. The van der Waals surface area contributed by atoms with E-state index in [1.165, 1.54) is 19.6 Å². The van der Waals surface area contributed by atoms with E-state index in [4.69, 9.17) is 0 Å². The van der Waals surface area contributed by atoms with Gasteiger partial charge in [-0.1, -0.05) is 20.8 Å². The van der Waals surface area contributed by atoms with Crippen molar-refractivity contribution in [1.29, 1.82) is 0 Å². The van der Waals surface area contributed by atoms with Crippen molar-refractivity contribution in [3.63, 3.8) is 0 Å². The Hall–Kier alpha value is -0.120. The molecule has 14 heavy (non-hydrogen) atoms. The fraction of sp³-hybridized carbons (Fsp3) is 1.00. The summed E-state index contributed by atoms with van der Waals surface area (Å²) in [4.78, 5) is 2.70. The van der Waals surface area contributed by atoms with Crippen LogP contribution in [0.2, 0.25) is 0 Å². The lowest BCUT2D eigenvalue weighted by molar-refractivity contribution is 0.0183. The molecule has 2 saturated heterocycles. The van der Waals surface area contributed by atoms with Gasteiger partial charge in [0.1, 0.15) is 0 Å². The Morgan fingerprint density at radius 1 is 1.07 bits per heavy atom. The van der Waals surface area contributed by atoms with Crippen molar-refractivity contribution in [2.24, 2.45) is 5.41 Å². The summed E-state index contributed by atoms with van der Waals surface area (Å²) in [7, 11) is 0. The first kappa shape index (κ1) is 10.4. The van der Waals surface area contributed by atoms with Crippen molar-refractivity contribution in [1.82, 2.24) is 15.5 Å². The molecule has 0 amide bonds. The van der Waals surface area contributed by atoms with Gasteiger partial charge in [0.05, 0.1) is 0 Å². The van der Waals surface area contributed by atoms with Crippen LogP contribution < -0.4 is 10.6 Å². The van der Waals surface area contributed by atoms with Crippen LogP contribution >= 0.6 is 0 Å². The van der Waals surface area contributed by atoms with Crippen molar-refractivity contribution in [3.05, 3.63) is 0 Å². The molecule has 2 aliphatic heterocycles. The molecule has 2 fully saturated rings. The van der Waals surface area contributed by atoms with Gasteiger partial charge in [-0.3, -0.25) is 4.90 Å². The Labute approximate surface area is 87.2 Å². The van der Waals surface area contributed by atoms with E-state index in [0.717, 1.165) is 19.1 Å². The molecule has 0 aromatic heterocycles. The molecule has 0 saturated carbocycles. The molecule has 0 bridgehead atoms. The minimum absolute atomic E-state index is 0.392. The molecule has 2 aliphatic rings. The van der Waals surface area contributed by atoms with Crippen LogP contribution in [-0.4, -0.2) is 49.7 Å². The highest BCUT2D eigenvalue weighted by Crippen LogP contribution is 2.27. The fourth-order valence-electron chi connectivity index (χ4n) is 2.47. The van der Waals surface area contributed by atoms with Crippen LogP contribution in [0, 0.1) is 5.41 Å². The summed E-state index contributed by atoms with van der Waals surface area (Å²) in [5.41, 5.74) is 0.392. The summed E-state index contributed by atoms with van der Waals surface area (Å²) in [6, 6.07) is 1.49. The molecular weight excluding hydrogens is 174 g/mol. The van der Waals surface area contributed by atoms with Crippen LogP contribution in [0.5, 0.6) is 0 Å². The molecule has 2 N–H and O–H groups in total. The molecule has 0 radical (unpaired) electrons. The van der Waals surface area contributed by atoms with Gasteiger partial charge in [0.2, 0.25) is 0 Å². The molecular formula is C11H23N3. The lowest BCUT2D eigenvalue weighted by atomic mass is 9.83. The molecule has 0 aliphatic carbocycles. The standard InChI is InChI=1S/C11H23N3/c1-11(2,3)10-8-12-4-5-14(10)9-6-13-7-9/h9-10,12-13H,4-8H2,1-3H3. The van der Waals surface area contributed by atoms with Gasteiger partial charge in [0.25, 0.3) is 0 Å². The van der Waals surface area contributed by atoms with Crippen LogP contribution in [0.1, 0.15) is 20.8 Å². The van der Waals surface area contributed by atoms with Gasteiger partial charge in [-0.05, 0) is 5.41 Å². The second-order valence-electron chi connectivity index (χ2n) is 5.64. The summed E-state index contributed by atoms with van der Waals surface area (Å²) in [5.74, 6) is 0. The highest BCUT2D eigenvalue weighted by atomic mass is 15.3. The normalized spacial score (nSPS) is 31.5. The summed E-state index contributed by atoms with van der Waals surface area (Å²) in [6.07, 6.45) is 0. The van der Waals surface area contributed by atoms with E-state index in [1.54, 1.807) is 0 Å². The number of piperazine rings is 1. The average molecular weight is 197 g/mol. The third-order valence-corrected chi connectivity index (χ3v) is 3.51. The molecule has 2 heterocycles. The number of rotatable bonds is 1. The Balaban J connectivity index is 2.03. The van der Waals surface area contributed by atoms with Crippen molar-refractivity contribution in [3.8, 4) is 0 Å². The molecule has 3 nitrogen and oxygen atoms in total. The van der Waals surface area contributed by atoms with E-state index in [9.17, 15) is 0 Å². The predicted octanol–water partition coefficient (Wildman–Crippen LogP) is 0.278. The lowest BCUT2D eigenvalue weighted by Crippen LogP contribution is -2.67. The summed E-state index contributed by atoms with van der Waals surface area (Å²) in [6.45, 7) is 13.0. The van der Waals surface area contributed by atoms with Gasteiger partial charge in [-0.25, -0.2) is 0 Å². The van der Waals surface area contributed by atoms with Crippen LogP contribution in [-0.2, 0) is 0 Å². The van der Waals surface area contributed by atoms with Crippen LogP contribution in [0.15, 0.2) is 0 Å². The third-order valence-electron chi connectivity index (χ3n) is 3.51. The topological polar surface area (TPSA) is 27.3 Å². The zero-order chi connectivity index (χ0) is 10.2. The van der Waals surface area contributed by atoms with E-state index in [2.05, 4.69) is 36.3 Å². The summed E-state index contributed by atoms with van der Waals surface area (Å²) in [5, 5.41) is 6.88. The molecule has 2 rings (SSSR count). The number of nitrogens with one attached hydrogen (secondary N) is 2. The van der Waals surface area contributed by atoms with E-state index in [-0.39, 0.29) is 0 Å². The Morgan fingerprint density at radius 2 is 1.79 bits per heavy atom. The zero-order valence-electron chi connectivity index (χ0n) is 9.64. The van der Waals surface area contributed by atoms with Crippen LogP contribution in [0.4, 0.5) is 0 Å². The van der Waals surface area contributed by atoms with E-state index in [0.29, 0.717) is 11.5 Å². The molecule has 0 aromatic rings. The quantitative estimate of drug-likeness (QED) is 0.632. The van der Waals surface area contributed by atoms with Crippen molar-refractivity contribution in [2.45, 2.75) is 32.9 Å². The highest BCUT2D eigenvalue weighted by Gasteiger charge is 2.37. The smallest absolute Gasteiger partial charge is 0.0349 e. The third kappa shape index (κ3) is 1.95. The minimum Gasteiger partial charge on any atom is -0.314 e. The number of hydrogen-bond acceptors (Lipinski definition) is 3. The van der Waals surface area contributed by atoms with Gasteiger partial charge in [0.15, 0.2) is 0 Å². The molecule has 0 aromatic carbocycles. The average Bonchev–Trinajstić information content (AvgIpc) is 2.00. The van der Waals surface area contributed by atoms with E-state index < -0.39 is 0 Å². The van der Waals surface area contributed by atoms with Gasteiger partial charge >= 0.3 is 0 Å². The number of hydrogen-bond donors (Lipinski definition) is 2. The van der Waals surface area contributed by atoms with Crippen molar-refractivity contribution >= 4 is 0 Å². The molecule has 82 valence electrons. The molecule has 1 atom stereocenters. The monoisotopic (exact) mass is 197 g/mol. The van der Waals surface area contributed by atoms with Crippen LogP contribution in [0.3, 0.4) is 0 Å². The van der Waals surface area contributed by atoms with E-state index >= 15 is 0 Å².